The number of anilines is 1. The lowest BCUT2D eigenvalue weighted by Crippen LogP contribution is -2.82. The average molecular weight is 356 g/mol. The van der Waals surface area contributed by atoms with Crippen LogP contribution in [0.2, 0.25) is 0 Å². The minimum Gasteiger partial charge on any atom is -0.392 e. The van der Waals surface area contributed by atoms with Gasteiger partial charge in [0.2, 0.25) is 0 Å². The van der Waals surface area contributed by atoms with Gasteiger partial charge < -0.3 is 15.1 Å². The Kier molecular flexibility index (Phi) is 2.85. The lowest BCUT2D eigenvalue weighted by atomic mass is 9.60. The van der Waals surface area contributed by atoms with Crippen molar-refractivity contribution in [3.8, 4) is 0 Å². The van der Waals surface area contributed by atoms with Crippen molar-refractivity contribution in [2.45, 2.75) is 69.0 Å². The summed E-state index contributed by atoms with van der Waals surface area (Å²) in [5.41, 5.74) is 2.55. The molecule has 0 amide bonds. The summed E-state index contributed by atoms with van der Waals surface area (Å²) in [6.07, 6.45) is 2.71. The summed E-state index contributed by atoms with van der Waals surface area (Å²) in [5.74, 6) is 1.18. The Hall–Kier alpha value is -1.10. The fourth-order valence-corrected chi connectivity index (χ4v) is 9.03. The molecule has 0 aromatic heterocycles. The highest BCUT2D eigenvalue weighted by atomic mass is 16.3. The van der Waals surface area contributed by atoms with Crippen LogP contribution in [0.4, 0.5) is 5.69 Å². The number of nitrogens with zero attached hydrogens (tertiary/aromatic N) is 2. The number of aliphatic hydroxyl groups is 2. The van der Waals surface area contributed by atoms with Crippen molar-refractivity contribution in [1.29, 1.82) is 0 Å². The second-order valence-corrected chi connectivity index (χ2v) is 9.67. The van der Waals surface area contributed by atoms with E-state index < -0.39 is 0 Å². The second kappa shape index (κ2) is 4.65. The Balaban J connectivity index is 1.63. The molecule has 7 rings (SSSR count). The molecule has 4 nitrogen and oxygen atoms in total. The molecule has 1 spiro atoms. The number of hydrogen-bond acceptors (Lipinski definition) is 3. The third-order valence-electron chi connectivity index (χ3n) is 9.67. The van der Waals surface area contributed by atoms with E-state index in [4.69, 9.17) is 0 Å². The quantitative estimate of drug-likeness (QED) is 0.799. The Bertz CT molecular complexity index is 783. The fraction of sp³-hybridized carbons (Fsp3) is 0.727. The first-order chi connectivity index (χ1) is 12.5. The maximum atomic E-state index is 11.8. The van der Waals surface area contributed by atoms with Crippen LogP contribution in [0.25, 0.3) is 0 Å². The maximum Gasteiger partial charge on any atom is 0.194 e. The van der Waals surface area contributed by atoms with Crippen LogP contribution in [0.3, 0.4) is 0 Å². The normalized spacial score (nSPS) is 55.3. The van der Waals surface area contributed by atoms with Crippen molar-refractivity contribution < 1.29 is 14.7 Å². The number of benzene rings is 1. The smallest absolute Gasteiger partial charge is 0.194 e. The van der Waals surface area contributed by atoms with Crippen molar-refractivity contribution in [3.63, 3.8) is 0 Å². The summed E-state index contributed by atoms with van der Waals surface area (Å²) in [6.45, 7) is 5.48. The summed E-state index contributed by atoms with van der Waals surface area (Å²) >= 11 is 0. The van der Waals surface area contributed by atoms with Gasteiger partial charge >= 0.3 is 0 Å². The predicted molar refractivity (Wildman–Crippen MR) is 101 cm³/mol. The van der Waals surface area contributed by atoms with Gasteiger partial charge in [-0.25, -0.2) is 0 Å². The molecular weight excluding hydrogens is 324 g/mol. The van der Waals surface area contributed by atoms with Crippen molar-refractivity contribution >= 4 is 5.69 Å². The van der Waals surface area contributed by atoms with Crippen LogP contribution < -0.4 is 4.90 Å². The van der Waals surface area contributed by atoms with E-state index in [1.165, 1.54) is 17.7 Å². The average Bonchev–Trinajstić information content (AvgIpc) is 3.04. The molecule has 1 unspecified atom stereocenters. The summed E-state index contributed by atoms with van der Waals surface area (Å²) in [7, 11) is 2.22. The third-order valence-corrected chi connectivity index (χ3v) is 9.67. The van der Waals surface area contributed by atoms with E-state index in [1.54, 1.807) is 0 Å². The minimum atomic E-state index is -0.272. The van der Waals surface area contributed by atoms with E-state index in [2.05, 4.69) is 50.1 Å². The highest BCUT2D eigenvalue weighted by molar-refractivity contribution is 5.66. The number of likely N-dealkylation sites (N-methyl/N-ethyl adjacent to an activating group) is 2. The first kappa shape index (κ1) is 15.9. The molecule has 0 radical (unpaired) electrons. The van der Waals surface area contributed by atoms with Crippen LogP contribution in [0, 0.1) is 17.8 Å². The van der Waals surface area contributed by atoms with Gasteiger partial charge in [0.05, 0.1) is 30.1 Å². The molecule has 5 fully saturated rings. The lowest BCUT2D eigenvalue weighted by molar-refractivity contribution is -1.04. The zero-order chi connectivity index (χ0) is 18.0. The molecule has 1 aromatic carbocycles. The van der Waals surface area contributed by atoms with Crippen LogP contribution in [0.5, 0.6) is 0 Å². The molecule has 26 heavy (non-hydrogen) atoms. The molecule has 4 heteroatoms. The number of fused-ring (bicyclic) bond motifs is 2. The molecule has 5 aliphatic heterocycles. The van der Waals surface area contributed by atoms with E-state index in [0.717, 1.165) is 23.9 Å². The van der Waals surface area contributed by atoms with Crippen LogP contribution in [0.15, 0.2) is 24.3 Å². The van der Waals surface area contributed by atoms with Gasteiger partial charge in [0.15, 0.2) is 6.23 Å². The van der Waals surface area contributed by atoms with Gasteiger partial charge in [-0.2, -0.15) is 0 Å². The van der Waals surface area contributed by atoms with Gasteiger partial charge in [0.25, 0.3) is 0 Å². The van der Waals surface area contributed by atoms with Crippen molar-refractivity contribution in [1.82, 2.24) is 0 Å². The van der Waals surface area contributed by atoms with Crippen molar-refractivity contribution in [3.05, 3.63) is 29.8 Å². The van der Waals surface area contributed by atoms with Crippen molar-refractivity contribution in [2.24, 2.45) is 17.8 Å². The monoisotopic (exact) mass is 355 g/mol. The predicted octanol–water partition coefficient (Wildman–Crippen LogP) is 2.09. The standard InChI is InChI=1S/C22H31N2O2/c1-4-12-13-10-16-19-22(14-8-6-7-9-15(14)23(19)3)11-17(18(13)20(22)25)24(16,5-2)21(12)26/h6-9,12-13,16-21,25-26H,4-5,10-11H2,1-3H3/q+1/t12-,13-,16+,17-,18+,19-,20-,21+,22-,24?/m0/s1. The minimum absolute atomic E-state index is 0.126. The van der Waals surface area contributed by atoms with Gasteiger partial charge in [0.1, 0.15) is 6.04 Å². The maximum absolute atomic E-state index is 11.8. The number of quaternary nitrogens is 1. The Morgan fingerprint density at radius 2 is 1.96 bits per heavy atom. The van der Waals surface area contributed by atoms with Crippen molar-refractivity contribution in [2.75, 3.05) is 18.5 Å². The summed E-state index contributed by atoms with van der Waals surface area (Å²) < 4.78 is 0.849. The van der Waals surface area contributed by atoms with Gasteiger partial charge in [-0.15, -0.1) is 0 Å². The van der Waals surface area contributed by atoms with Gasteiger partial charge in [0, 0.05) is 37.4 Å². The van der Waals surface area contributed by atoms with E-state index in [0.29, 0.717) is 35.9 Å². The highest BCUT2D eigenvalue weighted by Gasteiger charge is 2.82. The molecule has 5 bridgehead atoms. The topological polar surface area (TPSA) is 43.7 Å². The molecule has 1 aliphatic carbocycles. The van der Waals surface area contributed by atoms with E-state index >= 15 is 0 Å². The molecule has 6 aliphatic rings. The number of rotatable bonds is 2. The summed E-state index contributed by atoms with van der Waals surface area (Å²) in [5, 5.41) is 23.4. The van der Waals surface area contributed by atoms with E-state index in [-0.39, 0.29) is 17.7 Å². The van der Waals surface area contributed by atoms with Gasteiger partial charge in [-0.3, -0.25) is 4.48 Å². The zero-order valence-corrected chi connectivity index (χ0v) is 16.0. The Morgan fingerprint density at radius 3 is 2.69 bits per heavy atom. The van der Waals surface area contributed by atoms with Crippen LogP contribution in [-0.4, -0.2) is 58.7 Å². The summed E-state index contributed by atoms with van der Waals surface area (Å²) in [6, 6.07) is 9.93. The number of aliphatic hydroxyl groups excluding tert-OH is 2. The SMILES string of the molecule is CC[C@H]1[C@@H]2C[C@@H]3[C@@H]4N(C)c5ccccc5[C@@]45C[C@@H]([C@@H]2[C@@H]5O)[N+]3(CC)[C@@H]1O. The Labute approximate surface area is 156 Å². The van der Waals surface area contributed by atoms with Crippen LogP contribution in [0.1, 0.15) is 38.7 Å². The third kappa shape index (κ3) is 1.30. The molecule has 1 saturated carbocycles. The van der Waals surface area contributed by atoms with E-state index in [1.807, 2.05) is 0 Å². The zero-order valence-electron chi connectivity index (χ0n) is 16.0. The molecule has 5 heterocycles. The number of para-hydroxylation sites is 1. The molecule has 140 valence electrons. The Morgan fingerprint density at radius 1 is 1.19 bits per heavy atom. The molecule has 1 aromatic rings. The fourth-order valence-electron chi connectivity index (χ4n) is 9.03. The molecular formula is C22H31N2O2+. The number of piperidine rings is 4. The van der Waals surface area contributed by atoms with Gasteiger partial charge in [-0.1, -0.05) is 25.1 Å². The van der Waals surface area contributed by atoms with Crippen LogP contribution >= 0.6 is 0 Å². The summed E-state index contributed by atoms with van der Waals surface area (Å²) in [4.78, 5) is 2.46. The molecule has 2 N–H and O–H groups in total. The second-order valence-electron chi connectivity index (χ2n) is 9.67. The highest BCUT2D eigenvalue weighted by Crippen LogP contribution is 2.71. The first-order valence-electron chi connectivity index (χ1n) is 10.6. The first-order valence-corrected chi connectivity index (χ1v) is 10.6. The molecule has 10 atom stereocenters. The largest absolute Gasteiger partial charge is 0.392 e. The number of hydrogen-bond donors (Lipinski definition) is 2. The van der Waals surface area contributed by atoms with E-state index in [9.17, 15) is 10.2 Å². The van der Waals surface area contributed by atoms with Crippen LogP contribution in [-0.2, 0) is 5.41 Å². The molecule has 4 saturated heterocycles. The lowest BCUT2D eigenvalue weighted by Gasteiger charge is -2.67. The van der Waals surface area contributed by atoms with Gasteiger partial charge in [-0.05, 0) is 30.9 Å².